The Kier molecular flexibility index (Phi) is 5.64. The lowest BCUT2D eigenvalue weighted by atomic mass is 9.94. The first kappa shape index (κ1) is 17.4. The Morgan fingerprint density at radius 1 is 1.28 bits per heavy atom. The number of likely N-dealkylation sites (tertiary alicyclic amines) is 1. The van der Waals surface area contributed by atoms with E-state index in [2.05, 4.69) is 29.4 Å². The van der Waals surface area contributed by atoms with Crippen LogP contribution in [0.2, 0.25) is 0 Å². The van der Waals surface area contributed by atoms with Crippen molar-refractivity contribution in [3.63, 3.8) is 0 Å². The van der Waals surface area contributed by atoms with E-state index >= 15 is 0 Å². The Morgan fingerprint density at radius 3 is 2.84 bits per heavy atom. The van der Waals surface area contributed by atoms with Crippen LogP contribution in [0, 0.1) is 6.92 Å². The zero-order valence-electron chi connectivity index (χ0n) is 15.0. The molecular formula is C20H26N4O. The van der Waals surface area contributed by atoms with Crippen LogP contribution in [0.25, 0.3) is 0 Å². The first-order valence-electron chi connectivity index (χ1n) is 9.10. The molecule has 1 aromatic carbocycles. The number of nitrogens with zero attached hydrogens (tertiary/aromatic N) is 3. The number of amides is 1. The molecule has 1 aliphatic rings. The van der Waals surface area contributed by atoms with Crippen LogP contribution < -0.4 is 5.32 Å². The predicted molar refractivity (Wildman–Crippen MR) is 100.0 cm³/mol. The average Bonchev–Trinajstić information content (AvgIpc) is 2.64. The first-order valence-corrected chi connectivity index (χ1v) is 9.10. The maximum absolute atomic E-state index is 12.2. The van der Waals surface area contributed by atoms with Gasteiger partial charge in [0.2, 0.25) is 11.9 Å². The molecule has 1 fully saturated rings. The summed E-state index contributed by atoms with van der Waals surface area (Å²) in [5, 5.41) is 3.26. The summed E-state index contributed by atoms with van der Waals surface area (Å²) in [5.41, 5.74) is 3.21. The van der Waals surface area contributed by atoms with Crippen molar-refractivity contribution in [1.82, 2.24) is 14.9 Å². The number of carbonyl (C=O) groups excluding carboxylic acids is 1. The van der Waals surface area contributed by atoms with Crippen LogP contribution in [-0.4, -0.2) is 33.9 Å². The van der Waals surface area contributed by atoms with Gasteiger partial charge < -0.3 is 10.2 Å². The van der Waals surface area contributed by atoms with Gasteiger partial charge in [-0.1, -0.05) is 24.6 Å². The predicted octanol–water partition coefficient (Wildman–Crippen LogP) is 4.03. The molecular weight excluding hydrogens is 312 g/mol. The van der Waals surface area contributed by atoms with Crippen LogP contribution >= 0.6 is 0 Å². The second-order valence-corrected chi connectivity index (χ2v) is 6.73. The number of carbonyl (C=O) groups is 1. The smallest absolute Gasteiger partial charge is 0.227 e. The van der Waals surface area contributed by atoms with Gasteiger partial charge in [0.15, 0.2) is 0 Å². The summed E-state index contributed by atoms with van der Waals surface area (Å²) < 4.78 is 0. The minimum absolute atomic E-state index is 0.263. The molecule has 0 bridgehead atoms. The third kappa shape index (κ3) is 4.56. The molecule has 1 N–H and O–H groups in total. The Morgan fingerprint density at radius 2 is 2.08 bits per heavy atom. The van der Waals surface area contributed by atoms with Crippen LogP contribution in [0.5, 0.6) is 0 Å². The first-order chi connectivity index (χ1) is 12.2. The minimum atomic E-state index is 0.263. The van der Waals surface area contributed by atoms with Crippen molar-refractivity contribution in [2.75, 3.05) is 18.4 Å². The molecule has 5 nitrogen and oxygen atoms in total. The topological polar surface area (TPSA) is 58.1 Å². The number of aromatic nitrogens is 2. The zero-order valence-corrected chi connectivity index (χ0v) is 15.0. The molecule has 1 atom stereocenters. The maximum Gasteiger partial charge on any atom is 0.227 e. The highest BCUT2D eigenvalue weighted by Gasteiger charge is 2.25. The molecule has 2 aromatic rings. The van der Waals surface area contributed by atoms with E-state index in [0.717, 1.165) is 43.7 Å². The lowest BCUT2D eigenvalue weighted by Crippen LogP contribution is -2.39. The van der Waals surface area contributed by atoms with Crippen LogP contribution in [0.15, 0.2) is 36.5 Å². The van der Waals surface area contributed by atoms with Gasteiger partial charge in [-0.3, -0.25) is 4.79 Å². The maximum atomic E-state index is 12.2. The summed E-state index contributed by atoms with van der Waals surface area (Å²) in [4.78, 5) is 23.2. The van der Waals surface area contributed by atoms with Gasteiger partial charge in [-0.15, -0.1) is 0 Å². The molecule has 1 amide bonds. The third-order valence-corrected chi connectivity index (χ3v) is 4.64. The van der Waals surface area contributed by atoms with Crippen molar-refractivity contribution in [1.29, 1.82) is 0 Å². The second kappa shape index (κ2) is 8.10. The molecule has 5 heteroatoms. The van der Waals surface area contributed by atoms with Crippen LogP contribution in [0.1, 0.15) is 49.8 Å². The molecule has 0 aliphatic carbocycles. The van der Waals surface area contributed by atoms with Crippen molar-refractivity contribution >= 4 is 17.5 Å². The number of hydrogen-bond acceptors (Lipinski definition) is 4. The van der Waals surface area contributed by atoms with E-state index < -0.39 is 0 Å². The van der Waals surface area contributed by atoms with Gasteiger partial charge in [0.05, 0.1) is 5.69 Å². The Hall–Kier alpha value is -2.43. The van der Waals surface area contributed by atoms with Crippen molar-refractivity contribution in [3.8, 4) is 0 Å². The van der Waals surface area contributed by atoms with Gasteiger partial charge in [-0.2, -0.15) is 0 Å². The summed E-state index contributed by atoms with van der Waals surface area (Å²) in [6.07, 6.45) is 5.43. The van der Waals surface area contributed by atoms with Crippen molar-refractivity contribution < 1.29 is 4.79 Å². The molecule has 1 saturated heterocycles. The van der Waals surface area contributed by atoms with E-state index in [-0.39, 0.29) is 11.8 Å². The van der Waals surface area contributed by atoms with Crippen molar-refractivity contribution in [3.05, 3.63) is 47.8 Å². The fourth-order valence-electron chi connectivity index (χ4n) is 3.24. The van der Waals surface area contributed by atoms with E-state index in [4.69, 9.17) is 4.98 Å². The number of anilines is 2. The van der Waals surface area contributed by atoms with E-state index in [9.17, 15) is 4.79 Å². The van der Waals surface area contributed by atoms with Crippen molar-refractivity contribution in [2.24, 2.45) is 0 Å². The van der Waals surface area contributed by atoms with Gasteiger partial charge in [0.25, 0.3) is 0 Å². The Labute approximate surface area is 149 Å². The number of piperidine rings is 1. The SMILES string of the molecule is CCCC(=O)N1CCC[C@@H](c2ccnc(Nc3ccc(C)cc3)n2)C1. The quantitative estimate of drug-likeness (QED) is 0.894. The number of benzene rings is 1. The van der Waals surface area contributed by atoms with Crippen LogP contribution in [0.4, 0.5) is 11.6 Å². The number of nitrogens with one attached hydrogen (secondary N) is 1. The molecule has 2 heterocycles. The normalized spacial score (nSPS) is 17.4. The fourth-order valence-corrected chi connectivity index (χ4v) is 3.24. The summed E-state index contributed by atoms with van der Waals surface area (Å²) >= 11 is 0. The summed E-state index contributed by atoms with van der Waals surface area (Å²) in [6.45, 7) is 5.75. The highest BCUT2D eigenvalue weighted by molar-refractivity contribution is 5.76. The minimum Gasteiger partial charge on any atom is -0.342 e. The molecule has 1 aliphatic heterocycles. The Balaban J connectivity index is 1.70. The molecule has 0 saturated carbocycles. The standard InChI is InChI=1S/C20H26N4O/c1-3-5-19(25)24-13-4-6-16(14-24)18-11-12-21-20(23-18)22-17-9-7-15(2)8-10-17/h7-12,16H,3-6,13-14H2,1-2H3,(H,21,22,23)/t16-/m1/s1. The molecule has 1 aromatic heterocycles. The fraction of sp³-hybridized carbons (Fsp3) is 0.450. The van der Waals surface area contributed by atoms with E-state index in [1.54, 1.807) is 6.20 Å². The largest absolute Gasteiger partial charge is 0.342 e. The lowest BCUT2D eigenvalue weighted by Gasteiger charge is -2.32. The number of hydrogen-bond donors (Lipinski definition) is 1. The molecule has 3 rings (SSSR count). The average molecular weight is 338 g/mol. The lowest BCUT2D eigenvalue weighted by molar-refractivity contribution is -0.132. The van der Waals surface area contributed by atoms with Crippen LogP contribution in [0.3, 0.4) is 0 Å². The number of rotatable bonds is 5. The van der Waals surface area contributed by atoms with Gasteiger partial charge >= 0.3 is 0 Å². The van der Waals surface area contributed by atoms with Gasteiger partial charge in [-0.05, 0) is 44.4 Å². The summed E-state index contributed by atoms with van der Waals surface area (Å²) in [5.74, 6) is 1.16. The van der Waals surface area contributed by atoms with Gasteiger partial charge in [0, 0.05) is 37.3 Å². The third-order valence-electron chi connectivity index (χ3n) is 4.64. The molecule has 0 radical (unpaired) electrons. The highest BCUT2D eigenvalue weighted by atomic mass is 16.2. The van der Waals surface area contributed by atoms with E-state index in [1.165, 1.54) is 5.56 Å². The second-order valence-electron chi connectivity index (χ2n) is 6.73. The molecule has 25 heavy (non-hydrogen) atoms. The van der Waals surface area contributed by atoms with Crippen LogP contribution in [-0.2, 0) is 4.79 Å². The summed E-state index contributed by atoms with van der Waals surface area (Å²) in [6, 6.07) is 10.1. The monoisotopic (exact) mass is 338 g/mol. The Bertz CT molecular complexity index is 714. The zero-order chi connectivity index (χ0) is 17.6. The van der Waals surface area contributed by atoms with E-state index in [1.807, 2.05) is 30.0 Å². The highest BCUT2D eigenvalue weighted by Crippen LogP contribution is 2.27. The number of aryl methyl sites for hydroxylation is 1. The van der Waals surface area contributed by atoms with Gasteiger partial charge in [0.1, 0.15) is 0 Å². The molecule has 0 spiro atoms. The molecule has 0 unspecified atom stereocenters. The summed E-state index contributed by atoms with van der Waals surface area (Å²) in [7, 11) is 0. The van der Waals surface area contributed by atoms with E-state index in [0.29, 0.717) is 12.4 Å². The van der Waals surface area contributed by atoms with Crippen molar-refractivity contribution in [2.45, 2.75) is 45.4 Å². The van der Waals surface area contributed by atoms with Gasteiger partial charge in [-0.25, -0.2) is 9.97 Å². The molecule has 132 valence electrons.